The van der Waals surface area contributed by atoms with Gasteiger partial charge >= 0.3 is 0 Å². The molecule has 1 radical (unpaired) electrons. The molecule has 0 fully saturated rings. The van der Waals surface area contributed by atoms with Gasteiger partial charge in [-0.1, -0.05) is 84.9 Å². The summed E-state index contributed by atoms with van der Waals surface area (Å²) in [5.74, 6) is 1.44. The summed E-state index contributed by atoms with van der Waals surface area (Å²) in [6, 6.07) is 34.5. The van der Waals surface area contributed by atoms with Gasteiger partial charge in [-0.25, -0.2) is 0 Å². The number of hydrogen-bond acceptors (Lipinski definition) is 3. The fraction of sp³-hybridized carbons (Fsp3) is 0.0345. The van der Waals surface area contributed by atoms with Crippen molar-refractivity contribution in [2.45, 2.75) is 6.92 Å². The summed E-state index contributed by atoms with van der Waals surface area (Å²) >= 11 is 0. The molecule has 0 atom stereocenters. The minimum atomic E-state index is 0. The fourth-order valence-corrected chi connectivity index (χ4v) is 4.30. The van der Waals surface area contributed by atoms with E-state index in [1.165, 1.54) is 0 Å². The van der Waals surface area contributed by atoms with Crippen molar-refractivity contribution < 1.29 is 24.5 Å². The average molecular weight is 619 g/mol. The minimum Gasteiger partial charge on any atom is -0.461 e. The predicted octanol–water partition coefficient (Wildman–Crippen LogP) is 7.12. The Kier molecular flexibility index (Phi) is 5.97. The van der Waals surface area contributed by atoms with Gasteiger partial charge in [-0.15, -0.1) is 17.7 Å². The smallest absolute Gasteiger partial charge is 0.180 e. The van der Waals surface area contributed by atoms with E-state index in [9.17, 15) is 0 Å². The number of rotatable bonds is 4. The standard InChI is InChI=1S/C29H20N3O.Ir/c1-20-31-26-16-15-23(19-27(26)33-20)29-30-17-18-32(29)28-24(21-9-4-2-5-10-21)13-8-14-25(28)22-11-6-3-7-12-22;/h2-14,16-19H,1H3;/q-1;. The normalized spacial score (nSPS) is 10.9. The summed E-state index contributed by atoms with van der Waals surface area (Å²) in [6.45, 7) is 1.85. The van der Waals surface area contributed by atoms with Gasteiger partial charge in [0.1, 0.15) is 0 Å². The first kappa shape index (κ1) is 22.0. The quantitative estimate of drug-likeness (QED) is 0.198. The molecule has 0 aliphatic carbocycles. The number of imidazole rings is 1. The summed E-state index contributed by atoms with van der Waals surface area (Å²) < 4.78 is 7.91. The van der Waals surface area contributed by atoms with E-state index < -0.39 is 0 Å². The molecule has 0 unspecified atom stereocenters. The molecule has 0 saturated carbocycles. The van der Waals surface area contributed by atoms with Gasteiger partial charge < -0.3 is 8.98 Å². The molecular weight excluding hydrogens is 599 g/mol. The van der Waals surface area contributed by atoms with Crippen LogP contribution >= 0.6 is 0 Å². The molecular formula is C29H20IrN3O-. The summed E-state index contributed by atoms with van der Waals surface area (Å²) in [5.41, 5.74) is 8.01. The number of para-hydroxylation sites is 1. The van der Waals surface area contributed by atoms with E-state index in [-0.39, 0.29) is 20.1 Å². The minimum absolute atomic E-state index is 0. The van der Waals surface area contributed by atoms with Crippen LogP contribution in [0.1, 0.15) is 5.89 Å². The molecule has 0 saturated heterocycles. The van der Waals surface area contributed by atoms with Crippen LogP contribution in [0, 0.1) is 13.0 Å². The van der Waals surface area contributed by atoms with Gasteiger partial charge in [0.05, 0.1) is 17.1 Å². The fourth-order valence-electron chi connectivity index (χ4n) is 4.30. The first-order chi connectivity index (χ1) is 16.3. The van der Waals surface area contributed by atoms with Crippen molar-refractivity contribution in [3.8, 4) is 39.3 Å². The van der Waals surface area contributed by atoms with Crippen LogP contribution in [0.25, 0.3) is 50.4 Å². The zero-order chi connectivity index (χ0) is 22.2. The second-order valence-corrected chi connectivity index (χ2v) is 7.88. The summed E-state index contributed by atoms with van der Waals surface area (Å²) in [6.07, 6.45) is 3.84. The molecule has 0 aliphatic heterocycles. The van der Waals surface area contributed by atoms with Crippen LogP contribution in [0.15, 0.2) is 108 Å². The number of aromatic nitrogens is 3. The van der Waals surface area contributed by atoms with Crippen LogP contribution in [0.4, 0.5) is 0 Å². The molecule has 0 bridgehead atoms. The van der Waals surface area contributed by atoms with E-state index in [2.05, 4.69) is 82.3 Å². The number of nitrogens with zero attached hydrogens (tertiary/aromatic N) is 3. The summed E-state index contributed by atoms with van der Waals surface area (Å²) in [4.78, 5) is 9.11. The molecule has 0 amide bonds. The Morgan fingerprint density at radius 2 is 1.47 bits per heavy atom. The molecule has 167 valence electrons. The number of hydrogen-bond donors (Lipinski definition) is 0. The molecule has 2 aromatic heterocycles. The Bertz CT molecular complexity index is 1510. The maximum Gasteiger partial charge on any atom is 0.180 e. The largest absolute Gasteiger partial charge is 0.461 e. The Labute approximate surface area is 211 Å². The predicted molar refractivity (Wildman–Crippen MR) is 131 cm³/mol. The average Bonchev–Trinajstić information content (AvgIpc) is 3.50. The van der Waals surface area contributed by atoms with Crippen LogP contribution in [0.2, 0.25) is 0 Å². The van der Waals surface area contributed by atoms with Gasteiger partial charge in [-0.2, -0.15) is 0 Å². The number of fused-ring (bicyclic) bond motifs is 1. The number of aryl methyl sites for hydroxylation is 1. The molecule has 5 heteroatoms. The molecule has 4 nitrogen and oxygen atoms in total. The Balaban J connectivity index is 0.00000241. The molecule has 6 rings (SSSR count). The van der Waals surface area contributed by atoms with Crippen LogP contribution in [-0.4, -0.2) is 14.5 Å². The topological polar surface area (TPSA) is 43.9 Å². The van der Waals surface area contributed by atoms with E-state index in [0.717, 1.165) is 50.4 Å². The van der Waals surface area contributed by atoms with Gasteiger partial charge in [0.15, 0.2) is 5.89 Å². The molecule has 0 spiro atoms. The molecule has 0 N–H and O–H groups in total. The van der Waals surface area contributed by atoms with Crippen molar-refractivity contribution in [1.82, 2.24) is 14.5 Å². The third-order valence-corrected chi connectivity index (χ3v) is 5.76. The van der Waals surface area contributed by atoms with Crippen LogP contribution < -0.4 is 0 Å². The van der Waals surface area contributed by atoms with Gasteiger partial charge in [-0.05, 0) is 11.1 Å². The molecule has 4 aromatic carbocycles. The summed E-state index contributed by atoms with van der Waals surface area (Å²) in [5, 5.41) is 0. The van der Waals surface area contributed by atoms with Crippen molar-refractivity contribution in [2.75, 3.05) is 0 Å². The Morgan fingerprint density at radius 1 is 0.824 bits per heavy atom. The maximum atomic E-state index is 5.77. The third kappa shape index (κ3) is 3.90. The van der Waals surface area contributed by atoms with Crippen molar-refractivity contribution in [3.05, 3.63) is 115 Å². The van der Waals surface area contributed by atoms with E-state index in [0.29, 0.717) is 5.89 Å². The Hall–Kier alpha value is -3.79. The zero-order valence-electron chi connectivity index (χ0n) is 18.4. The van der Waals surface area contributed by atoms with E-state index in [1.54, 1.807) is 0 Å². The van der Waals surface area contributed by atoms with Crippen LogP contribution in [0.3, 0.4) is 0 Å². The second-order valence-electron chi connectivity index (χ2n) is 7.88. The van der Waals surface area contributed by atoms with E-state index >= 15 is 0 Å². The monoisotopic (exact) mass is 619 g/mol. The number of oxazole rings is 1. The molecule has 2 heterocycles. The van der Waals surface area contributed by atoms with Gasteiger partial charge in [0.2, 0.25) is 0 Å². The molecule has 6 aromatic rings. The van der Waals surface area contributed by atoms with Gasteiger partial charge in [0, 0.05) is 56.1 Å². The van der Waals surface area contributed by atoms with E-state index in [1.807, 2.05) is 43.6 Å². The zero-order valence-corrected chi connectivity index (χ0v) is 20.8. The van der Waals surface area contributed by atoms with Crippen molar-refractivity contribution >= 4 is 11.1 Å². The third-order valence-electron chi connectivity index (χ3n) is 5.76. The van der Waals surface area contributed by atoms with Crippen molar-refractivity contribution in [2.24, 2.45) is 0 Å². The van der Waals surface area contributed by atoms with Crippen LogP contribution in [0.5, 0.6) is 0 Å². The van der Waals surface area contributed by atoms with E-state index in [4.69, 9.17) is 9.40 Å². The van der Waals surface area contributed by atoms with Crippen molar-refractivity contribution in [1.29, 1.82) is 0 Å². The number of benzene rings is 4. The molecule has 0 aliphatic rings. The second kappa shape index (κ2) is 9.22. The van der Waals surface area contributed by atoms with Crippen molar-refractivity contribution in [3.63, 3.8) is 0 Å². The van der Waals surface area contributed by atoms with Gasteiger partial charge in [-0.3, -0.25) is 9.97 Å². The summed E-state index contributed by atoms with van der Waals surface area (Å²) in [7, 11) is 0. The maximum absolute atomic E-state index is 5.77. The van der Waals surface area contributed by atoms with Crippen LogP contribution in [-0.2, 0) is 20.1 Å². The first-order valence-corrected chi connectivity index (χ1v) is 10.8. The first-order valence-electron chi connectivity index (χ1n) is 10.8. The Morgan fingerprint density at radius 3 is 2.12 bits per heavy atom. The van der Waals surface area contributed by atoms with Gasteiger partial charge in [0.25, 0.3) is 0 Å². The SMILES string of the molecule is Cc1nc2c[c-]c(-c3nccn3-c3c(-c4ccccc4)cccc3-c3ccccc3)cc2o1.[Ir]. The molecule has 34 heavy (non-hydrogen) atoms.